The summed E-state index contributed by atoms with van der Waals surface area (Å²) in [5.41, 5.74) is 0. The molecule has 0 saturated heterocycles. The summed E-state index contributed by atoms with van der Waals surface area (Å²) in [6.07, 6.45) is 8.65. The van der Waals surface area contributed by atoms with Crippen LogP contribution in [0.15, 0.2) is 12.2 Å². The van der Waals surface area contributed by atoms with Gasteiger partial charge in [0.05, 0.1) is 12.6 Å². The van der Waals surface area contributed by atoms with Gasteiger partial charge in [0.2, 0.25) is 5.91 Å². The molecule has 90 valence electrons. The van der Waals surface area contributed by atoms with E-state index >= 15 is 0 Å². The van der Waals surface area contributed by atoms with Crippen molar-refractivity contribution in [2.45, 2.75) is 33.3 Å². The fraction of sp³-hybridized carbons (Fsp3) is 0.615. The summed E-state index contributed by atoms with van der Waals surface area (Å²) in [7, 11) is 0. The van der Waals surface area contributed by atoms with Crippen LogP contribution in [-0.2, 0) is 4.79 Å². The number of rotatable bonds is 6. The van der Waals surface area contributed by atoms with Gasteiger partial charge in [0.25, 0.3) is 0 Å². The van der Waals surface area contributed by atoms with E-state index < -0.39 is 6.10 Å². The predicted molar refractivity (Wildman–Crippen MR) is 65.6 cm³/mol. The Morgan fingerprint density at radius 2 is 2.19 bits per heavy atom. The van der Waals surface area contributed by atoms with E-state index in [4.69, 9.17) is 6.42 Å². The third kappa shape index (κ3) is 5.57. The number of hydrogen-bond donors (Lipinski definition) is 2. The van der Waals surface area contributed by atoms with E-state index in [2.05, 4.69) is 11.2 Å². The maximum atomic E-state index is 11.2. The average Bonchev–Trinajstić information content (AvgIpc) is 2.31. The number of aliphatic hydroxyl groups excluding tert-OH is 1. The Balaban J connectivity index is 4.12. The van der Waals surface area contributed by atoms with Crippen molar-refractivity contribution in [2.75, 3.05) is 6.54 Å². The second kappa shape index (κ2) is 7.95. The molecule has 0 aliphatic carbocycles. The Morgan fingerprint density at radius 3 is 2.69 bits per heavy atom. The van der Waals surface area contributed by atoms with Crippen LogP contribution in [0.3, 0.4) is 0 Å². The number of carbonyl (C=O) groups is 1. The maximum Gasteiger partial charge on any atom is 0.244 e. The molecule has 16 heavy (non-hydrogen) atoms. The summed E-state index contributed by atoms with van der Waals surface area (Å²) in [6, 6.07) is 0. The fourth-order valence-corrected chi connectivity index (χ4v) is 1.31. The van der Waals surface area contributed by atoms with E-state index in [1.165, 1.54) is 6.08 Å². The Morgan fingerprint density at radius 1 is 1.56 bits per heavy atom. The summed E-state index contributed by atoms with van der Waals surface area (Å²) in [6.45, 7) is 6.14. The minimum Gasteiger partial charge on any atom is -0.392 e. The molecular weight excluding hydrogens is 202 g/mol. The molecule has 0 radical (unpaired) electrons. The lowest BCUT2D eigenvalue weighted by molar-refractivity contribution is -0.116. The molecular formula is C13H21NO2. The highest BCUT2D eigenvalue weighted by atomic mass is 16.3. The summed E-state index contributed by atoms with van der Waals surface area (Å²) in [5.74, 6) is 2.29. The van der Waals surface area contributed by atoms with Crippen LogP contribution < -0.4 is 5.32 Å². The first-order valence-corrected chi connectivity index (χ1v) is 5.60. The molecule has 3 atom stereocenters. The van der Waals surface area contributed by atoms with Gasteiger partial charge < -0.3 is 10.4 Å². The Bertz CT molecular complexity index is 278. The molecule has 0 rings (SSSR count). The molecule has 1 amide bonds. The van der Waals surface area contributed by atoms with Gasteiger partial charge in [-0.3, -0.25) is 4.79 Å². The van der Waals surface area contributed by atoms with Crippen LogP contribution in [0.25, 0.3) is 0 Å². The Hall–Kier alpha value is -1.27. The standard InChI is InChI=1S/C13H21NO2/c1-5-9-14-12(15)8-7-11(4)13(16)10(3)6-2/h1,7-8,10-11,13,16H,6,9H2,2-4H3,(H,14,15)/b8-7+/t10-,11-,13-/m1/s1. The molecule has 3 heteroatoms. The molecule has 0 heterocycles. The van der Waals surface area contributed by atoms with E-state index in [0.29, 0.717) is 0 Å². The molecule has 0 aromatic rings. The number of terminal acetylenes is 1. The third-order valence-corrected chi connectivity index (χ3v) is 2.68. The van der Waals surface area contributed by atoms with Gasteiger partial charge in [0.15, 0.2) is 0 Å². The molecule has 0 aliphatic rings. The van der Waals surface area contributed by atoms with Crippen LogP contribution in [-0.4, -0.2) is 23.7 Å². The van der Waals surface area contributed by atoms with Gasteiger partial charge >= 0.3 is 0 Å². The molecule has 0 spiro atoms. The average molecular weight is 223 g/mol. The number of amides is 1. The van der Waals surface area contributed by atoms with Gasteiger partial charge in [-0.05, 0) is 12.0 Å². The van der Waals surface area contributed by atoms with E-state index in [1.807, 2.05) is 20.8 Å². The van der Waals surface area contributed by atoms with Crippen LogP contribution in [0, 0.1) is 24.2 Å². The minimum absolute atomic E-state index is 0.0356. The smallest absolute Gasteiger partial charge is 0.244 e. The van der Waals surface area contributed by atoms with Crippen molar-refractivity contribution >= 4 is 5.91 Å². The van der Waals surface area contributed by atoms with Crippen LogP contribution in [0.4, 0.5) is 0 Å². The minimum atomic E-state index is -0.415. The Labute approximate surface area is 97.9 Å². The molecule has 0 aliphatic heterocycles. The highest BCUT2D eigenvalue weighted by molar-refractivity contribution is 5.87. The largest absolute Gasteiger partial charge is 0.392 e. The van der Waals surface area contributed by atoms with Crippen molar-refractivity contribution in [3.63, 3.8) is 0 Å². The lowest BCUT2D eigenvalue weighted by atomic mass is 9.91. The second-order valence-electron chi connectivity index (χ2n) is 4.02. The predicted octanol–water partition coefficient (Wildman–Crippen LogP) is 1.34. The van der Waals surface area contributed by atoms with E-state index in [9.17, 15) is 9.90 Å². The lowest BCUT2D eigenvalue weighted by Crippen LogP contribution is -2.25. The first-order valence-electron chi connectivity index (χ1n) is 5.60. The van der Waals surface area contributed by atoms with Crippen LogP contribution in [0.2, 0.25) is 0 Å². The maximum absolute atomic E-state index is 11.2. The Kier molecular flexibility index (Phi) is 7.32. The summed E-state index contributed by atoms with van der Waals surface area (Å²) < 4.78 is 0. The summed E-state index contributed by atoms with van der Waals surface area (Å²) in [4.78, 5) is 11.2. The molecule has 0 aromatic heterocycles. The number of carbonyl (C=O) groups excluding carboxylic acids is 1. The quantitative estimate of drug-likeness (QED) is 0.527. The molecule has 0 bridgehead atoms. The van der Waals surface area contributed by atoms with Gasteiger partial charge in [0, 0.05) is 5.92 Å². The normalized spacial score (nSPS) is 16.4. The third-order valence-electron chi connectivity index (χ3n) is 2.68. The zero-order valence-corrected chi connectivity index (χ0v) is 10.2. The highest BCUT2D eigenvalue weighted by Gasteiger charge is 2.17. The molecule has 2 N–H and O–H groups in total. The van der Waals surface area contributed by atoms with Crippen molar-refractivity contribution in [1.82, 2.24) is 5.32 Å². The van der Waals surface area contributed by atoms with Gasteiger partial charge in [-0.1, -0.05) is 39.2 Å². The van der Waals surface area contributed by atoms with Crippen LogP contribution in [0.5, 0.6) is 0 Å². The number of nitrogens with one attached hydrogen (secondary N) is 1. The van der Waals surface area contributed by atoms with Gasteiger partial charge in [-0.25, -0.2) is 0 Å². The molecule has 0 saturated carbocycles. The first-order chi connectivity index (χ1) is 7.52. The van der Waals surface area contributed by atoms with Crippen LogP contribution >= 0.6 is 0 Å². The van der Waals surface area contributed by atoms with Crippen molar-refractivity contribution in [3.05, 3.63) is 12.2 Å². The van der Waals surface area contributed by atoms with E-state index in [0.717, 1.165) is 6.42 Å². The van der Waals surface area contributed by atoms with Gasteiger partial charge in [-0.15, -0.1) is 6.42 Å². The lowest BCUT2D eigenvalue weighted by Gasteiger charge is -2.21. The first kappa shape index (κ1) is 14.7. The number of aliphatic hydroxyl groups is 1. The van der Waals surface area contributed by atoms with E-state index in [1.54, 1.807) is 6.08 Å². The van der Waals surface area contributed by atoms with Crippen LogP contribution in [0.1, 0.15) is 27.2 Å². The van der Waals surface area contributed by atoms with Crippen molar-refractivity contribution in [3.8, 4) is 12.3 Å². The van der Waals surface area contributed by atoms with Gasteiger partial charge in [0.1, 0.15) is 0 Å². The number of hydrogen-bond acceptors (Lipinski definition) is 2. The summed E-state index contributed by atoms with van der Waals surface area (Å²) in [5, 5.41) is 12.4. The van der Waals surface area contributed by atoms with Crippen molar-refractivity contribution in [2.24, 2.45) is 11.8 Å². The zero-order valence-electron chi connectivity index (χ0n) is 10.2. The highest BCUT2D eigenvalue weighted by Crippen LogP contribution is 2.16. The van der Waals surface area contributed by atoms with E-state index in [-0.39, 0.29) is 24.3 Å². The molecule has 0 aromatic carbocycles. The van der Waals surface area contributed by atoms with Gasteiger partial charge in [-0.2, -0.15) is 0 Å². The van der Waals surface area contributed by atoms with Crippen molar-refractivity contribution in [1.29, 1.82) is 0 Å². The molecule has 3 nitrogen and oxygen atoms in total. The zero-order chi connectivity index (χ0) is 12.6. The topological polar surface area (TPSA) is 49.3 Å². The summed E-state index contributed by atoms with van der Waals surface area (Å²) >= 11 is 0. The fourth-order valence-electron chi connectivity index (χ4n) is 1.31. The SMILES string of the molecule is C#CCNC(=O)/C=C/[C@@H](C)[C@H](O)[C@H](C)CC. The monoisotopic (exact) mass is 223 g/mol. The second-order valence-corrected chi connectivity index (χ2v) is 4.02. The van der Waals surface area contributed by atoms with Crippen molar-refractivity contribution < 1.29 is 9.90 Å². The molecule has 0 fully saturated rings. The molecule has 0 unspecified atom stereocenters.